The monoisotopic (exact) mass is 402 g/mol. The number of anilines is 1. The van der Waals surface area contributed by atoms with Crippen molar-refractivity contribution in [3.05, 3.63) is 65.2 Å². The van der Waals surface area contributed by atoms with Gasteiger partial charge in [0.1, 0.15) is 0 Å². The van der Waals surface area contributed by atoms with Crippen LogP contribution in [0.25, 0.3) is 0 Å². The fourth-order valence-corrected chi connectivity index (χ4v) is 2.82. The summed E-state index contributed by atoms with van der Waals surface area (Å²) in [5.41, 5.74) is 1.05. The Bertz CT molecular complexity index is 993. The second-order valence-electron chi connectivity index (χ2n) is 6.27. The lowest BCUT2D eigenvalue weighted by atomic mass is 9.98. The molecule has 0 spiro atoms. The first-order valence-corrected chi connectivity index (χ1v) is 8.68. The van der Waals surface area contributed by atoms with Crippen molar-refractivity contribution in [3.63, 3.8) is 0 Å². The van der Waals surface area contributed by atoms with E-state index in [0.29, 0.717) is 11.1 Å². The van der Waals surface area contributed by atoms with Crippen LogP contribution in [0.5, 0.6) is 0 Å². The highest BCUT2D eigenvalue weighted by atomic mass is 19.2. The highest BCUT2D eigenvalue weighted by Crippen LogP contribution is 2.19. The zero-order valence-corrected chi connectivity index (χ0v) is 15.1. The molecular formula is C20H16F2N2O5. The van der Waals surface area contributed by atoms with Gasteiger partial charge in [-0.05, 0) is 23.8 Å². The number of hydrogen-bond donors (Lipinski definition) is 1. The molecule has 9 heteroatoms. The van der Waals surface area contributed by atoms with E-state index in [2.05, 4.69) is 5.32 Å². The molecule has 1 aliphatic heterocycles. The van der Waals surface area contributed by atoms with Gasteiger partial charge in [0, 0.05) is 23.9 Å². The van der Waals surface area contributed by atoms with E-state index in [1.54, 1.807) is 24.3 Å². The summed E-state index contributed by atoms with van der Waals surface area (Å²) in [5, 5.41) is 2.25. The van der Waals surface area contributed by atoms with Crippen LogP contribution in [0, 0.1) is 11.6 Å². The van der Waals surface area contributed by atoms with Gasteiger partial charge in [-0.3, -0.25) is 24.1 Å². The summed E-state index contributed by atoms with van der Waals surface area (Å²) >= 11 is 0. The molecule has 7 nitrogen and oxygen atoms in total. The molecule has 2 aromatic carbocycles. The molecule has 0 unspecified atom stereocenters. The van der Waals surface area contributed by atoms with Gasteiger partial charge >= 0.3 is 5.97 Å². The Kier molecular flexibility index (Phi) is 5.96. The summed E-state index contributed by atoms with van der Waals surface area (Å²) in [4.78, 5) is 49.1. The van der Waals surface area contributed by atoms with Gasteiger partial charge in [0.25, 0.3) is 11.8 Å². The van der Waals surface area contributed by atoms with Gasteiger partial charge < -0.3 is 10.1 Å². The number of ether oxygens (including phenoxy) is 1. The summed E-state index contributed by atoms with van der Waals surface area (Å²) in [6, 6.07) is 9.52. The Labute approximate surface area is 164 Å². The number of nitrogens with zero attached hydrogens (tertiary/aromatic N) is 1. The summed E-state index contributed by atoms with van der Waals surface area (Å²) in [5.74, 6) is -4.62. The van der Waals surface area contributed by atoms with E-state index in [0.717, 1.165) is 23.1 Å². The van der Waals surface area contributed by atoms with Crippen molar-refractivity contribution >= 4 is 29.4 Å². The van der Waals surface area contributed by atoms with Crippen molar-refractivity contribution in [2.45, 2.75) is 12.8 Å². The van der Waals surface area contributed by atoms with Crippen LogP contribution in [-0.4, -0.2) is 41.7 Å². The number of carbonyl (C=O) groups is 4. The maximum atomic E-state index is 13.1. The number of imide groups is 1. The molecule has 0 atom stereocenters. The zero-order chi connectivity index (χ0) is 21.0. The second-order valence-corrected chi connectivity index (χ2v) is 6.27. The number of hydrogen-bond acceptors (Lipinski definition) is 5. The number of esters is 1. The minimum atomic E-state index is -1.13. The van der Waals surface area contributed by atoms with Crippen molar-refractivity contribution in [2.75, 3.05) is 18.5 Å². The van der Waals surface area contributed by atoms with E-state index in [4.69, 9.17) is 4.74 Å². The predicted octanol–water partition coefficient (Wildman–Crippen LogP) is 2.06. The SMILES string of the molecule is O=C(COC(=O)CCN1C(=O)Cc2ccccc2C1=O)Nc1ccc(F)c(F)c1. The Hall–Kier alpha value is -3.62. The van der Waals surface area contributed by atoms with Crippen molar-refractivity contribution in [1.82, 2.24) is 4.90 Å². The Morgan fingerprint density at radius 3 is 2.59 bits per heavy atom. The largest absolute Gasteiger partial charge is 0.456 e. The molecule has 1 N–H and O–H groups in total. The summed E-state index contributed by atoms with van der Waals surface area (Å²) in [6.45, 7) is -0.821. The van der Waals surface area contributed by atoms with E-state index in [9.17, 15) is 28.0 Å². The predicted molar refractivity (Wildman–Crippen MR) is 96.8 cm³/mol. The first-order valence-electron chi connectivity index (χ1n) is 8.68. The number of fused-ring (bicyclic) bond motifs is 1. The molecule has 0 bridgehead atoms. The number of nitrogens with one attached hydrogen (secondary N) is 1. The van der Waals surface area contributed by atoms with E-state index in [-0.39, 0.29) is 25.1 Å². The summed E-state index contributed by atoms with van der Waals surface area (Å²) in [6.07, 6.45) is -0.217. The lowest BCUT2D eigenvalue weighted by Crippen LogP contribution is -2.43. The highest BCUT2D eigenvalue weighted by molar-refractivity contribution is 6.09. The van der Waals surface area contributed by atoms with Gasteiger partial charge in [-0.2, -0.15) is 0 Å². The van der Waals surface area contributed by atoms with Gasteiger partial charge in [0.2, 0.25) is 5.91 Å². The Morgan fingerprint density at radius 2 is 1.83 bits per heavy atom. The molecule has 150 valence electrons. The van der Waals surface area contributed by atoms with Crippen LogP contribution in [0.4, 0.5) is 14.5 Å². The first kappa shape index (κ1) is 20.1. The van der Waals surface area contributed by atoms with Crippen LogP contribution in [-0.2, 0) is 25.5 Å². The summed E-state index contributed by atoms with van der Waals surface area (Å²) < 4.78 is 30.8. The fourth-order valence-electron chi connectivity index (χ4n) is 2.82. The quantitative estimate of drug-likeness (QED) is 0.590. The lowest BCUT2D eigenvalue weighted by Gasteiger charge is -2.26. The third-order valence-corrected chi connectivity index (χ3v) is 4.24. The number of rotatable bonds is 6. The van der Waals surface area contributed by atoms with Gasteiger partial charge in [-0.25, -0.2) is 8.78 Å². The molecule has 1 aliphatic rings. The van der Waals surface area contributed by atoms with E-state index >= 15 is 0 Å². The minimum Gasteiger partial charge on any atom is -0.456 e. The van der Waals surface area contributed by atoms with Crippen molar-refractivity contribution in [3.8, 4) is 0 Å². The number of benzene rings is 2. The van der Waals surface area contributed by atoms with Gasteiger partial charge in [-0.15, -0.1) is 0 Å². The Balaban J connectivity index is 1.47. The standard InChI is InChI=1S/C20H16F2N2O5/c21-15-6-5-13(10-16(15)22)23-17(25)11-29-19(27)7-8-24-18(26)9-12-3-1-2-4-14(12)20(24)28/h1-6,10H,7-9,11H2,(H,23,25). The molecule has 0 saturated carbocycles. The fraction of sp³-hybridized carbons (Fsp3) is 0.200. The van der Waals surface area contributed by atoms with Crippen LogP contribution < -0.4 is 5.32 Å². The van der Waals surface area contributed by atoms with Crippen molar-refractivity contribution < 1.29 is 32.7 Å². The molecule has 0 aromatic heterocycles. The lowest BCUT2D eigenvalue weighted by molar-refractivity contribution is -0.147. The number of carbonyl (C=O) groups excluding carboxylic acids is 4. The highest BCUT2D eigenvalue weighted by Gasteiger charge is 2.30. The smallest absolute Gasteiger partial charge is 0.308 e. The Morgan fingerprint density at radius 1 is 1.07 bits per heavy atom. The zero-order valence-electron chi connectivity index (χ0n) is 15.1. The molecular weight excluding hydrogens is 386 g/mol. The average Bonchev–Trinajstić information content (AvgIpc) is 2.69. The average molecular weight is 402 g/mol. The molecule has 0 radical (unpaired) electrons. The first-order chi connectivity index (χ1) is 13.8. The van der Waals surface area contributed by atoms with Crippen LogP contribution in [0.3, 0.4) is 0 Å². The number of halogens is 2. The van der Waals surface area contributed by atoms with Gasteiger partial charge in [0.05, 0.1) is 12.8 Å². The van der Waals surface area contributed by atoms with E-state index in [1.165, 1.54) is 0 Å². The van der Waals surface area contributed by atoms with E-state index in [1.807, 2.05) is 0 Å². The molecule has 2 aromatic rings. The van der Waals surface area contributed by atoms with E-state index < -0.39 is 41.9 Å². The maximum absolute atomic E-state index is 13.1. The molecule has 0 fully saturated rings. The molecule has 29 heavy (non-hydrogen) atoms. The number of amides is 3. The topological polar surface area (TPSA) is 92.8 Å². The van der Waals surface area contributed by atoms with Crippen LogP contribution in [0.1, 0.15) is 22.3 Å². The van der Waals surface area contributed by atoms with Gasteiger partial charge in [0.15, 0.2) is 18.2 Å². The molecule has 1 heterocycles. The minimum absolute atomic E-state index is 0.00752. The van der Waals surface area contributed by atoms with Crippen molar-refractivity contribution in [1.29, 1.82) is 0 Å². The van der Waals surface area contributed by atoms with Crippen LogP contribution >= 0.6 is 0 Å². The normalized spacial score (nSPS) is 13.1. The summed E-state index contributed by atoms with van der Waals surface area (Å²) in [7, 11) is 0. The maximum Gasteiger partial charge on any atom is 0.308 e. The second kappa shape index (κ2) is 8.59. The molecule has 3 rings (SSSR count). The van der Waals surface area contributed by atoms with Crippen LogP contribution in [0.2, 0.25) is 0 Å². The van der Waals surface area contributed by atoms with Crippen molar-refractivity contribution in [2.24, 2.45) is 0 Å². The molecule has 0 saturated heterocycles. The molecule has 3 amide bonds. The van der Waals surface area contributed by atoms with Gasteiger partial charge in [-0.1, -0.05) is 18.2 Å². The third-order valence-electron chi connectivity index (χ3n) is 4.24. The molecule has 0 aliphatic carbocycles. The third kappa shape index (κ3) is 4.81. The van der Waals surface area contributed by atoms with Crippen LogP contribution in [0.15, 0.2) is 42.5 Å².